The molecule has 0 saturated heterocycles. The first kappa shape index (κ1) is 19.6. The summed E-state index contributed by atoms with van der Waals surface area (Å²) in [7, 11) is 0. The van der Waals surface area contributed by atoms with Crippen LogP contribution in [0.15, 0.2) is 71.8 Å². The molecular weight excluding hydrogens is 380 g/mol. The predicted octanol–water partition coefficient (Wildman–Crippen LogP) is 2.28. The number of aliphatic hydroxyl groups excluding tert-OH is 1. The lowest BCUT2D eigenvalue weighted by Crippen LogP contribution is -2.32. The van der Waals surface area contributed by atoms with Gasteiger partial charge in [-0.05, 0) is 12.5 Å². The molecule has 1 amide bonds. The molecule has 0 atom stereocenters. The topological polar surface area (TPSA) is 88.6 Å². The lowest BCUT2D eigenvalue weighted by atomic mass is 10.1. The number of nitrogens with zero attached hydrogens (tertiary/aromatic N) is 3. The van der Waals surface area contributed by atoms with Gasteiger partial charge in [-0.2, -0.15) is 5.10 Å². The third kappa shape index (κ3) is 3.88. The number of fused-ring (bicyclic) bond motifs is 1. The van der Waals surface area contributed by atoms with Crippen LogP contribution in [0.25, 0.3) is 16.8 Å². The zero-order valence-electron chi connectivity index (χ0n) is 16.6. The van der Waals surface area contributed by atoms with Crippen LogP contribution >= 0.6 is 0 Å². The Morgan fingerprint density at radius 2 is 1.80 bits per heavy atom. The van der Waals surface area contributed by atoms with Crippen LogP contribution in [0.4, 0.5) is 0 Å². The third-order valence-electron chi connectivity index (χ3n) is 4.99. The first-order chi connectivity index (χ1) is 14.6. The van der Waals surface area contributed by atoms with E-state index in [-0.39, 0.29) is 30.1 Å². The molecule has 7 nitrogen and oxygen atoms in total. The maximum atomic E-state index is 13.0. The molecule has 2 aromatic carbocycles. The number of benzene rings is 2. The summed E-state index contributed by atoms with van der Waals surface area (Å²) in [6.07, 6.45) is 3.15. The molecular formula is C23H22N4O3. The predicted molar refractivity (Wildman–Crippen MR) is 114 cm³/mol. The monoisotopic (exact) mass is 402 g/mol. The van der Waals surface area contributed by atoms with Crippen LogP contribution in [0.2, 0.25) is 0 Å². The summed E-state index contributed by atoms with van der Waals surface area (Å²) in [5, 5.41) is 17.2. The van der Waals surface area contributed by atoms with Gasteiger partial charge in [0, 0.05) is 30.1 Å². The summed E-state index contributed by atoms with van der Waals surface area (Å²) < 4.78 is 2.78. The summed E-state index contributed by atoms with van der Waals surface area (Å²) in [5.74, 6) is -0.268. The average Bonchev–Trinajstić information content (AvgIpc) is 3.15. The molecule has 7 heteroatoms. The Hall–Kier alpha value is -3.71. The van der Waals surface area contributed by atoms with Gasteiger partial charge in [0.05, 0.1) is 12.3 Å². The van der Waals surface area contributed by atoms with Crippen molar-refractivity contribution in [3.8, 4) is 11.3 Å². The average molecular weight is 402 g/mol. The molecule has 0 unspecified atom stereocenters. The van der Waals surface area contributed by atoms with Gasteiger partial charge < -0.3 is 15.0 Å². The standard InChI is InChI=1S/C23H22N4O3/c1-16-7-9-17(10-8-16)13-24-20(29)14-26-11-12-27-22(23(26)30)19(15-28)21(25-27)18-5-3-2-4-6-18/h2-12,28H,13-15H2,1H3,(H,24,29). The highest BCUT2D eigenvalue weighted by Crippen LogP contribution is 2.24. The number of aromatic nitrogens is 3. The first-order valence-corrected chi connectivity index (χ1v) is 9.66. The highest BCUT2D eigenvalue weighted by atomic mass is 16.3. The molecule has 2 N–H and O–H groups in total. The number of aryl methyl sites for hydroxylation is 1. The van der Waals surface area contributed by atoms with Gasteiger partial charge in [-0.25, -0.2) is 4.52 Å². The number of nitrogens with one attached hydrogen (secondary N) is 1. The van der Waals surface area contributed by atoms with E-state index in [1.54, 1.807) is 6.20 Å². The lowest BCUT2D eigenvalue weighted by molar-refractivity contribution is -0.121. The third-order valence-corrected chi connectivity index (χ3v) is 4.99. The van der Waals surface area contributed by atoms with Crippen LogP contribution in [-0.2, 0) is 24.5 Å². The quantitative estimate of drug-likeness (QED) is 0.518. The molecule has 0 spiro atoms. The SMILES string of the molecule is Cc1ccc(CNC(=O)Cn2ccn3nc(-c4ccccc4)c(CO)c3c2=O)cc1. The van der Waals surface area contributed by atoms with Gasteiger partial charge in [0.15, 0.2) is 0 Å². The van der Waals surface area contributed by atoms with Crippen LogP contribution in [0, 0.1) is 6.92 Å². The number of rotatable bonds is 6. The molecule has 152 valence electrons. The molecule has 0 aliphatic carbocycles. The van der Waals surface area contributed by atoms with E-state index in [4.69, 9.17) is 0 Å². The maximum Gasteiger partial charge on any atom is 0.277 e. The molecule has 30 heavy (non-hydrogen) atoms. The summed E-state index contributed by atoms with van der Waals surface area (Å²) in [5.41, 5.74) is 3.85. The summed E-state index contributed by atoms with van der Waals surface area (Å²) in [6, 6.07) is 17.3. The molecule has 4 rings (SSSR count). The second-order valence-electron chi connectivity index (χ2n) is 7.14. The Morgan fingerprint density at radius 1 is 1.07 bits per heavy atom. The molecule has 0 aliphatic rings. The number of aliphatic hydroxyl groups is 1. The van der Waals surface area contributed by atoms with Crippen molar-refractivity contribution in [2.75, 3.05) is 0 Å². The fourth-order valence-electron chi connectivity index (χ4n) is 3.37. The minimum atomic E-state index is -0.373. The number of carbonyl (C=O) groups excluding carboxylic acids is 1. The van der Waals surface area contributed by atoms with Crippen molar-refractivity contribution in [3.63, 3.8) is 0 Å². The van der Waals surface area contributed by atoms with Gasteiger partial charge in [-0.3, -0.25) is 9.59 Å². The molecule has 0 saturated carbocycles. The van der Waals surface area contributed by atoms with Crippen LogP contribution in [0.3, 0.4) is 0 Å². The van der Waals surface area contributed by atoms with Crippen molar-refractivity contribution >= 4 is 11.4 Å². The van der Waals surface area contributed by atoms with E-state index in [0.717, 1.165) is 16.7 Å². The number of hydrogen-bond donors (Lipinski definition) is 2. The molecule has 0 fully saturated rings. The van der Waals surface area contributed by atoms with Gasteiger partial charge in [-0.1, -0.05) is 60.2 Å². The normalized spacial score (nSPS) is 11.0. The van der Waals surface area contributed by atoms with E-state index in [9.17, 15) is 14.7 Å². The van der Waals surface area contributed by atoms with E-state index >= 15 is 0 Å². The number of carbonyl (C=O) groups is 1. The highest BCUT2D eigenvalue weighted by molar-refractivity contribution is 5.76. The number of amides is 1. The Labute approximate surface area is 173 Å². The zero-order chi connectivity index (χ0) is 21.1. The molecule has 4 aromatic rings. The Bertz CT molecular complexity index is 1240. The van der Waals surface area contributed by atoms with Gasteiger partial charge in [0.2, 0.25) is 5.91 Å². The molecule has 0 radical (unpaired) electrons. The Balaban J connectivity index is 1.59. The molecule has 2 heterocycles. The van der Waals surface area contributed by atoms with Gasteiger partial charge >= 0.3 is 0 Å². The van der Waals surface area contributed by atoms with Crippen LogP contribution in [0.1, 0.15) is 16.7 Å². The van der Waals surface area contributed by atoms with Crippen molar-refractivity contribution in [3.05, 3.63) is 94.0 Å². The van der Waals surface area contributed by atoms with Crippen molar-refractivity contribution in [1.29, 1.82) is 0 Å². The molecule has 0 bridgehead atoms. The van der Waals surface area contributed by atoms with Gasteiger partial charge in [0.1, 0.15) is 12.1 Å². The largest absolute Gasteiger partial charge is 0.392 e. The summed E-state index contributed by atoms with van der Waals surface area (Å²) >= 11 is 0. The summed E-state index contributed by atoms with van der Waals surface area (Å²) in [4.78, 5) is 25.4. The van der Waals surface area contributed by atoms with Crippen molar-refractivity contribution in [2.45, 2.75) is 26.6 Å². The van der Waals surface area contributed by atoms with E-state index < -0.39 is 0 Å². The number of hydrogen-bond acceptors (Lipinski definition) is 4. The smallest absolute Gasteiger partial charge is 0.277 e. The van der Waals surface area contributed by atoms with Crippen LogP contribution in [0.5, 0.6) is 0 Å². The fraction of sp³-hybridized carbons (Fsp3) is 0.174. The van der Waals surface area contributed by atoms with Crippen LogP contribution < -0.4 is 10.9 Å². The van der Waals surface area contributed by atoms with E-state index in [1.165, 1.54) is 15.3 Å². The first-order valence-electron chi connectivity index (χ1n) is 9.66. The second kappa shape index (κ2) is 8.34. The Kier molecular flexibility index (Phi) is 5.45. The van der Waals surface area contributed by atoms with Crippen molar-refractivity contribution in [1.82, 2.24) is 19.5 Å². The minimum absolute atomic E-state index is 0.113. The van der Waals surface area contributed by atoms with Crippen molar-refractivity contribution in [2.24, 2.45) is 0 Å². The molecule has 2 aromatic heterocycles. The summed E-state index contributed by atoms with van der Waals surface area (Å²) in [6.45, 7) is 1.96. The van der Waals surface area contributed by atoms with E-state index in [2.05, 4.69) is 10.4 Å². The zero-order valence-corrected chi connectivity index (χ0v) is 16.6. The van der Waals surface area contributed by atoms with Crippen LogP contribution in [-0.4, -0.2) is 25.2 Å². The van der Waals surface area contributed by atoms with Gasteiger partial charge in [-0.15, -0.1) is 0 Å². The fourth-order valence-corrected chi connectivity index (χ4v) is 3.37. The Morgan fingerprint density at radius 3 is 2.50 bits per heavy atom. The van der Waals surface area contributed by atoms with E-state index in [0.29, 0.717) is 17.8 Å². The van der Waals surface area contributed by atoms with Gasteiger partial charge in [0.25, 0.3) is 5.56 Å². The van der Waals surface area contributed by atoms with E-state index in [1.807, 2.05) is 61.5 Å². The minimum Gasteiger partial charge on any atom is -0.392 e. The highest BCUT2D eigenvalue weighted by Gasteiger charge is 2.18. The second-order valence-corrected chi connectivity index (χ2v) is 7.14. The lowest BCUT2D eigenvalue weighted by Gasteiger charge is -2.08. The van der Waals surface area contributed by atoms with Crippen molar-refractivity contribution < 1.29 is 9.90 Å². The molecule has 0 aliphatic heterocycles. The maximum absolute atomic E-state index is 13.0.